The van der Waals surface area contributed by atoms with Gasteiger partial charge < -0.3 is 12.7 Å². The quantitative estimate of drug-likeness (QED) is 0.242. The number of carbonyl (C=O) groups is 2. The summed E-state index contributed by atoms with van der Waals surface area (Å²) in [6.45, 7) is 4.53. The minimum atomic E-state index is -1.09. The van der Waals surface area contributed by atoms with E-state index in [0.29, 0.717) is 29.5 Å². The topological polar surface area (TPSA) is 75.2 Å². The average molecular weight is 403 g/mol. The van der Waals surface area contributed by atoms with Crippen molar-refractivity contribution in [2.24, 2.45) is 0 Å². The van der Waals surface area contributed by atoms with Crippen molar-refractivity contribution in [3.05, 3.63) is 19.2 Å². The minimum Gasteiger partial charge on any atom is -0.358 e. The van der Waals surface area contributed by atoms with Crippen LogP contribution in [0.25, 0.3) is 0 Å². The van der Waals surface area contributed by atoms with Crippen LogP contribution in [0.1, 0.15) is 51.5 Å². The molecule has 138 valence electrons. The molecule has 2 fully saturated rings. The zero-order valence-corrected chi connectivity index (χ0v) is 20.4. The van der Waals surface area contributed by atoms with Crippen LogP contribution in [0.15, 0.2) is 11.4 Å². The van der Waals surface area contributed by atoms with Gasteiger partial charge in [-0.15, -0.1) is 0 Å². The van der Waals surface area contributed by atoms with Crippen LogP contribution in [0.3, 0.4) is 0 Å². The smallest absolute Gasteiger partial charge is 0.358 e. The molecule has 0 bridgehead atoms. The van der Waals surface area contributed by atoms with E-state index in [4.69, 9.17) is 0 Å². The Balaban J connectivity index is 0.000000818. The number of amides is 2. The van der Waals surface area contributed by atoms with Gasteiger partial charge in [0.05, 0.1) is 0 Å². The summed E-state index contributed by atoms with van der Waals surface area (Å²) >= 11 is 1.45. The Kier molecular flexibility index (Phi) is 9.23. The van der Waals surface area contributed by atoms with Crippen molar-refractivity contribution in [1.29, 1.82) is 0 Å². The van der Waals surface area contributed by atoms with Gasteiger partial charge in [0, 0.05) is 24.3 Å². The summed E-state index contributed by atoms with van der Waals surface area (Å²) < 4.78 is 0. The van der Waals surface area contributed by atoms with Gasteiger partial charge in [0.1, 0.15) is 5.82 Å². The third-order valence-electron chi connectivity index (χ3n) is 5.06. The molecule has 1 atom stereocenters. The molecule has 1 saturated heterocycles. The van der Waals surface area contributed by atoms with Crippen molar-refractivity contribution in [2.75, 3.05) is 17.7 Å². The molecule has 1 aromatic heterocycles. The molecule has 3 heterocycles. The Bertz CT molecular complexity index is 667. The molecule has 1 aliphatic carbocycles. The summed E-state index contributed by atoms with van der Waals surface area (Å²) in [6.07, 6.45) is 8.33. The van der Waals surface area contributed by atoms with Crippen LogP contribution in [0, 0.1) is 7.43 Å². The predicted octanol–water partition coefficient (Wildman–Crippen LogP) is -0.274. The Morgan fingerprint density at radius 1 is 1.27 bits per heavy atom. The fraction of sp³-hybridized carbons (Fsp3) is 0.611. The van der Waals surface area contributed by atoms with Crippen LogP contribution in [-0.4, -0.2) is 40.6 Å². The van der Waals surface area contributed by atoms with Crippen LogP contribution in [-0.2, 0) is 15.0 Å². The third kappa shape index (κ3) is 3.65. The van der Waals surface area contributed by atoms with Crippen LogP contribution < -0.4 is 61.6 Å². The summed E-state index contributed by atoms with van der Waals surface area (Å²) in [7, 11) is 0. The van der Waals surface area contributed by atoms with E-state index in [1.807, 2.05) is 20.1 Å². The van der Waals surface area contributed by atoms with Gasteiger partial charge in [-0.25, -0.2) is 9.97 Å². The zero-order chi connectivity index (χ0) is 17.3. The van der Waals surface area contributed by atoms with Gasteiger partial charge in [-0.1, -0.05) is 38.5 Å². The van der Waals surface area contributed by atoms with Gasteiger partial charge in [0.2, 0.25) is 11.8 Å². The van der Waals surface area contributed by atoms with Gasteiger partial charge in [0.15, 0.2) is 10.6 Å². The van der Waals surface area contributed by atoms with Crippen molar-refractivity contribution in [3.63, 3.8) is 0 Å². The van der Waals surface area contributed by atoms with Gasteiger partial charge in [0.25, 0.3) is 0 Å². The fourth-order valence-electron chi connectivity index (χ4n) is 3.95. The van der Waals surface area contributed by atoms with Crippen molar-refractivity contribution in [2.45, 2.75) is 62.6 Å². The first-order chi connectivity index (χ1) is 11.7. The third-order valence-corrected chi connectivity index (χ3v) is 5.63. The summed E-state index contributed by atoms with van der Waals surface area (Å²) in [5.74, 6) is 0.366. The summed E-state index contributed by atoms with van der Waals surface area (Å²) in [4.78, 5) is 36.3. The number of thioether (sulfide) groups is 1. The van der Waals surface area contributed by atoms with E-state index in [-0.39, 0.29) is 76.7 Å². The number of aromatic nitrogens is 2. The molecule has 0 aromatic carbocycles. The molecule has 0 radical (unpaired) electrons. The van der Waals surface area contributed by atoms with Crippen LogP contribution in [0.2, 0.25) is 0 Å². The summed E-state index contributed by atoms with van der Waals surface area (Å²) in [6, 6.07) is 0.170. The molecular weight excluding hydrogens is 375 g/mol. The van der Waals surface area contributed by atoms with Crippen molar-refractivity contribution >= 4 is 29.4 Å². The van der Waals surface area contributed by atoms with Crippen molar-refractivity contribution < 1.29 is 61.0 Å². The predicted molar refractivity (Wildman–Crippen MR) is 101 cm³/mol. The fourth-order valence-corrected chi connectivity index (χ4v) is 4.28. The SMILES string of the molecule is CC.CSc1ncc2c(n1)N(C1CCCC1)C(=O)C21CCNC1=O.[CH3-].[K+]. The monoisotopic (exact) mass is 402 g/mol. The first-order valence-electron chi connectivity index (χ1n) is 8.72. The Morgan fingerprint density at radius 2 is 1.92 bits per heavy atom. The van der Waals surface area contributed by atoms with Gasteiger partial charge in [-0.3, -0.25) is 14.5 Å². The number of carbonyl (C=O) groups excluding carboxylic acids is 2. The maximum Gasteiger partial charge on any atom is 1.00 e. The van der Waals surface area contributed by atoms with Gasteiger partial charge in [-0.05, 0) is 25.5 Å². The number of fused-ring (bicyclic) bond motifs is 2. The van der Waals surface area contributed by atoms with Crippen molar-refractivity contribution in [1.82, 2.24) is 15.3 Å². The Morgan fingerprint density at radius 3 is 2.46 bits per heavy atom. The second-order valence-corrected chi connectivity index (χ2v) is 6.89. The molecule has 3 aliphatic rings. The molecule has 6 nitrogen and oxygen atoms in total. The van der Waals surface area contributed by atoms with Crippen LogP contribution in [0.5, 0.6) is 0 Å². The van der Waals surface area contributed by atoms with E-state index in [1.54, 1.807) is 11.1 Å². The van der Waals surface area contributed by atoms with E-state index in [9.17, 15) is 9.59 Å². The summed E-state index contributed by atoms with van der Waals surface area (Å²) in [5.41, 5.74) is -0.397. The molecule has 1 unspecified atom stereocenters. The second kappa shape index (κ2) is 9.98. The molecule has 4 rings (SSSR count). The molecular formula is C18H27KN4O2S. The van der Waals surface area contributed by atoms with Crippen LogP contribution in [0.4, 0.5) is 5.82 Å². The van der Waals surface area contributed by atoms with Gasteiger partial charge >= 0.3 is 51.4 Å². The molecule has 1 aromatic rings. The first kappa shape index (κ1) is 24.0. The van der Waals surface area contributed by atoms with Gasteiger partial charge in [-0.2, -0.15) is 0 Å². The normalized spacial score (nSPS) is 23.7. The largest absolute Gasteiger partial charge is 1.00 e. The molecule has 26 heavy (non-hydrogen) atoms. The maximum absolute atomic E-state index is 13.2. The standard InChI is InChI=1S/C15H18N4O2S.C2H6.CH3.K/c1-22-14-17-8-10-11(18-14)19(9-4-2-3-5-9)13(21)15(10)6-7-16-12(15)20;1-2;;/h8-9H,2-7H2,1H3,(H,16,20);1-2H3;1H3;/q;;-1;+1. The number of rotatable bonds is 2. The molecule has 1 N–H and O–H groups in total. The van der Waals surface area contributed by atoms with E-state index in [2.05, 4.69) is 15.3 Å². The Hall–Kier alpha value is 0.00636. The number of hydrogen-bond acceptors (Lipinski definition) is 5. The van der Waals surface area contributed by atoms with E-state index < -0.39 is 5.41 Å². The molecule has 2 aliphatic heterocycles. The van der Waals surface area contributed by atoms with E-state index >= 15 is 0 Å². The number of nitrogens with zero attached hydrogens (tertiary/aromatic N) is 3. The van der Waals surface area contributed by atoms with Crippen LogP contribution >= 0.6 is 11.8 Å². The number of anilines is 1. The number of nitrogens with one attached hydrogen (secondary N) is 1. The first-order valence-corrected chi connectivity index (χ1v) is 9.94. The zero-order valence-electron chi connectivity index (χ0n) is 16.5. The average Bonchev–Trinajstić information content (AvgIpc) is 3.31. The molecule has 1 saturated carbocycles. The van der Waals surface area contributed by atoms with E-state index in [0.717, 1.165) is 25.7 Å². The molecule has 8 heteroatoms. The maximum atomic E-state index is 13.2. The van der Waals surface area contributed by atoms with Crippen molar-refractivity contribution in [3.8, 4) is 0 Å². The van der Waals surface area contributed by atoms with E-state index in [1.165, 1.54) is 11.8 Å². The Labute approximate surface area is 203 Å². The molecule has 1 spiro atoms. The summed E-state index contributed by atoms with van der Waals surface area (Å²) in [5, 5.41) is 3.46. The minimum absolute atomic E-state index is 0. The molecule has 2 amide bonds. The second-order valence-electron chi connectivity index (χ2n) is 6.12. The number of hydrogen-bond donors (Lipinski definition) is 1.